The zero-order valence-corrected chi connectivity index (χ0v) is 30.4. The normalized spacial score (nSPS) is 30.2. The molecule has 3 unspecified atom stereocenters. The molecule has 14 heteroatoms. The maximum absolute atomic E-state index is 13.1. The molecule has 14 nitrogen and oxygen atoms in total. The number of amides is 3. The first-order chi connectivity index (χ1) is 23.9. The molecule has 1 heterocycles. The Kier molecular flexibility index (Phi) is 12.2. The molecule has 0 saturated heterocycles. The number of methoxy groups -OCH3 is 2. The minimum atomic E-state index is -1.01. The highest BCUT2D eigenvalue weighted by molar-refractivity contribution is 5.91. The second-order valence-electron chi connectivity index (χ2n) is 15.4. The molecule has 3 saturated carbocycles. The number of nitrogens with zero attached hydrogens (tertiary/aromatic N) is 4. The third kappa shape index (κ3) is 7.68. The van der Waals surface area contributed by atoms with Crippen LogP contribution in [0, 0.1) is 28.6 Å². The van der Waals surface area contributed by atoms with Crippen LogP contribution in [0.4, 0.5) is 0 Å². The van der Waals surface area contributed by atoms with Crippen molar-refractivity contribution in [2.45, 2.75) is 83.8 Å². The van der Waals surface area contributed by atoms with E-state index in [0.29, 0.717) is 55.8 Å². The van der Waals surface area contributed by atoms with E-state index in [-0.39, 0.29) is 68.5 Å². The number of carbonyl (C=O) groups is 4. The number of carbonyl (C=O) groups excluding carboxylic acids is 4. The van der Waals surface area contributed by atoms with E-state index in [4.69, 9.17) is 15.2 Å². The van der Waals surface area contributed by atoms with Gasteiger partial charge in [-0.15, -0.1) is 0 Å². The van der Waals surface area contributed by atoms with E-state index in [9.17, 15) is 24.3 Å². The summed E-state index contributed by atoms with van der Waals surface area (Å²) in [6.45, 7) is 6.35. The van der Waals surface area contributed by atoms with Gasteiger partial charge in [0.05, 0.1) is 32.8 Å². The lowest BCUT2D eigenvalue weighted by atomic mass is 9.46. The summed E-state index contributed by atoms with van der Waals surface area (Å²) in [7, 11) is 3.03. The molecule has 6 atom stereocenters. The number of ketones is 1. The van der Waals surface area contributed by atoms with E-state index < -0.39 is 17.4 Å². The number of aliphatic hydroxyl groups is 1. The van der Waals surface area contributed by atoms with E-state index in [1.54, 1.807) is 0 Å². The van der Waals surface area contributed by atoms with Gasteiger partial charge < -0.3 is 35.4 Å². The molecule has 50 heavy (non-hydrogen) atoms. The van der Waals surface area contributed by atoms with Crippen molar-refractivity contribution in [2.24, 2.45) is 34.3 Å². The van der Waals surface area contributed by atoms with Gasteiger partial charge in [0, 0.05) is 44.2 Å². The van der Waals surface area contributed by atoms with E-state index in [2.05, 4.69) is 29.5 Å². The number of hydrogen-bond donors (Lipinski definition) is 4. The van der Waals surface area contributed by atoms with Gasteiger partial charge >= 0.3 is 0 Å². The van der Waals surface area contributed by atoms with Gasteiger partial charge in [-0.1, -0.05) is 24.6 Å². The molecule has 3 fully saturated rings. The third-order valence-corrected chi connectivity index (χ3v) is 12.7. The summed E-state index contributed by atoms with van der Waals surface area (Å²) in [4.78, 5) is 52.4. The van der Waals surface area contributed by atoms with Gasteiger partial charge in [0.25, 0.3) is 0 Å². The molecule has 0 aliphatic heterocycles. The summed E-state index contributed by atoms with van der Waals surface area (Å²) < 4.78 is 12.1. The number of hydrogen-bond acceptors (Lipinski definition) is 9. The Morgan fingerprint density at radius 3 is 2.42 bits per heavy atom. The molecule has 5 rings (SSSR count). The van der Waals surface area contributed by atoms with Crippen molar-refractivity contribution < 1.29 is 38.4 Å². The summed E-state index contributed by atoms with van der Waals surface area (Å²) >= 11 is 0. The zero-order valence-electron chi connectivity index (χ0n) is 30.4. The molecule has 4 aliphatic rings. The lowest BCUT2D eigenvalue weighted by molar-refractivity contribution is -0.753. The number of allylic oxidation sites excluding steroid dienone is 1. The summed E-state index contributed by atoms with van der Waals surface area (Å²) in [6, 6.07) is 0. The number of H-pyrrole nitrogens is 1. The molecule has 0 aromatic carbocycles. The molecule has 0 bridgehead atoms. The molecule has 0 spiro atoms. The molecule has 3 amide bonds. The maximum Gasteiger partial charge on any atom is 0.250 e. The average Bonchev–Trinajstić information content (AvgIpc) is 3.67. The smallest absolute Gasteiger partial charge is 0.250 e. The number of aryl methyl sites for hydroxylation is 1. The van der Waals surface area contributed by atoms with Crippen molar-refractivity contribution in [2.75, 3.05) is 66.7 Å². The Balaban J connectivity index is 1.12. The number of primary amides is 1. The number of ether oxygens (including phenoxy) is 2. The van der Waals surface area contributed by atoms with Crippen molar-refractivity contribution >= 4 is 23.5 Å². The fourth-order valence-corrected chi connectivity index (χ4v) is 9.75. The van der Waals surface area contributed by atoms with Crippen LogP contribution in [-0.4, -0.2) is 115 Å². The minimum absolute atomic E-state index is 0.0398. The van der Waals surface area contributed by atoms with Gasteiger partial charge in [0.15, 0.2) is 12.0 Å². The van der Waals surface area contributed by atoms with Crippen LogP contribution < -0.4 is 15.7 Å². The van der Waals surface area contributed by atoms with Crippen LogP contribution in [0.5, 0.6) is 0 Å². The van der Waals surface area contributed by atoms with Crippen LogP contribution in [0.25, 0.3) is 0 Å². The third-order valence-electron chi connectivity index (χ3n) is 12.7. The number of rotatable bonds is 17. The molecular weight excluding hydrogens is 642 g/mol. The zero-order chi connectivity index (χ0) is 36.1. The number of fused-ring (bicyclic) bond motifs is 5. The molecule has 0 radical (unpaired) electrons. The number of aromatic amines is 1. The van der Waals surface area contributed by atoms with Crippen LogP contribution in [0.2, 0.25) is 0 Å². The molecule has 278 valence electrons. The lowest BCUT2D eigenvalue weighted by Gasteiger charge is -2.58. The predicted octanol–water partition coefficient (Wildman–Crippen LogP) is 0.832. The Bertz CT molecular complexity index is 1430. The molecule has 1 aromatic rings. The van der Waals surface area contributed by atoms with Crippen LogP contribution in [0.3, 0.4) is 0 Å². The first-order valence-electron chi connectivity index (χ1n) is 18.3. The Morgan fingerprint density at radius 1 is 1.02 bits per heavy atom. The fourth-order valence-electron chi connectivity index (χ4n) is 9.75. The van der Waals surface area contributed by atoms with E-state index in [1.807, 2.05) is 17.0 Å². The van der Waals surface area contributed by atoms with Crippen LogP contribution in [0.1, 0.15) is 77.3 Å². The van der Waals surface area contributed by atoms with Crippen LogP contribution in [0.15, 0.2) is 17.8 Å². The molecule has 5 N–H and O–H groups in total. The summed E-state index contributed by atoms with van der Waals surface area (Å²) in [5, 5.41) is 23.2. The number of nitrogens with two attached hydrogens (primary N) is 1. The van der Waals surface area contributed by atoms with Crippen molar-refractivity contribution in [1.82, 2.24) is 25.4 Å². The summed E-state index contributed by atoms with van der Waals surface area (Å²) in [6.07, 6.45) is 12.0. The van der Waals surface area contributed by atoms with Gasteiger partial charge in [0.1, 0.15) is 12.1 Å². The lowest BCUT2D eigenvalue weighted by Crippen LogP contribution is -2.54. The predicted molar refractivity (Wildman–Crippen MR) is 183 cm³/mol. The Morgan fingerprint density at radius 2 is 1.72 bits per heavy atom. The first-order valence-corrected chi connectivity index (χ1v) is 18.3. The van der Waals surface area contributed by atoms with Gasteiger partial charge in [-0.2, -0.15) is 4.68 Å². The molecule has 1 aromatic heterocycles. The van der Waals surface area contributed by atoms with Crippen molar-refractivity contribution in [3.63, 3.8) is 0 Å². The maximum atomic E-state index is 13.1. The first kappa shape index (κ1) is 38.0. The van der Waals surface area contributed by atoms with E-state index in [0.717, 1.165) is 38.5 Å². The fraction of sp³-hybridized carbons (Fsp3) is 0.778. The highest BCUT2D eigenvalue weighted by Gasteiger charge is 2.66. The monoisotopic (exact) mass is 700 g/mol. The Labute approximate surface area is 295 Å². The highest BCUT2D eigenvalue weighted by Crippen LogP contribution is 2.69. The standard InChI is InChI=1S/C36H57N7O7/c1-34-11-8-26(44)20-25(34)6-7-27-28(34)9-12-35(2)29(27)10-13-36(35,48)30-22-43(40-39-30)15-5-14-38-21-32(46)42(17-19-50-4)24-33(47)41(16-18-49-3)23-31(37)45/h20,22,27-29,38,48H,5-19,21,23-24H2,1-4H3,(H2,37,45)/p+1/t27?,28?,29?,34-,35-,36+/m0/s1. The molecular formula is C36H58N7O7+. The highest BCUT2D eigenvalue weighted by atomic mass is 16.5. The number of nitrogens with one attached hydrogen (secondary N) is 2. The summed E-state index contributed by atoms with van der Waals surface area (Å²) in [5.74, 6) is 0.521. The molecule has 4 aliphatic carbocycles. The number of aromatic nitrogens is 3. The van der Waals surface area contributed by atoms with Crippen LogP contribution >= 0.6 is 0 Å². The van der Waals surface area contributed by atoms with Gasteiger partial charge in [-0.05, 0) is 87.2 Å². The Hall–Kier alpha value is -3.20. The average molecular weight is 701 g/mol. The minimum Gasteiger partial charge on any atom is -0.383 e. The van der Waals surface area contributed by atoms with Crippen LogP contribution in [-0.2, 0) is 40.8 Å². The van der Waals surface area contributed by atoms with Crippen molar-refractivity contribution in [3.05, 3.63) is 23.5 Å². The topological polar surface area (TPSA) is 184 Å². The van der Waals surface area contributed by atoms with Gasteiger partial charge in [-0.25, -0.2) is 0 Å². The van der Waals surface area contributed by atoms with Gasteiger partial charge in [0.2, 0.25) is 23.4 Å². The van der Waals surface area contributed by atoms with Crippen molar-refractivity contribution in [3.8, 4) is 0 Å². The SMILES string of the molecule is COCCN(CC(N)=O)C(=O)CN(CCOC)C(=O)CNCCC[n+]1cc([C@]2(O)CCC3C4CCC5=CC(=O)CC[C@]5(C)C4CC[C@@]32C)n[nH]1. The quantitative estimate of drug-likeness (QED) is 0.135. The van der Waals surface area contributed by atoms with E-state index >= 15 is 0 Å². The second kappa shape index (κ2) is 16.0. The van der Waals surface area contributed by atoms with E-state index in [1.165, 1.54) is 29.6 Å². The second-order valence-corrected chi connectivity index (χ2v) is 15.4. The largest absolute Gasteiger partial charge is 0.383 e. The summed E-state index contributed by atoms with van der Waals surface area (Å²) in [5.41, 5.74) is 6.21. The van der Waals surface area contributed by atoms with Gasteiger partial charge in [-0.3, -0.25) is 19.2 Å². The van der Waals surface area contributed by atoms with Crippen molar-refractivity contribution in [1.29, 1.82) is 0 Å².